The van der Waals surface area contributed by atoms with E-state index < -0.39 is 24.7 Å². The van der Waals surface area contributed by atoms with Crippen LogP contribution in [-0.2, 0) is 15.9 Å². The standard InChI is InChI=1S/C22H25F2N5O4/c1-11-6-28-17-13(4-22(8-25-10-26-9-22)19(28)12(2)31-11)3-15-18(16(17)24)33-27-20(15)29-7-14(5-23)32-21(29)30/h3,8,11-12,14,19,26H,4-7,9-10H2,1-2H3/t11-,12+,14-,19-,22?/m1/s1. The molecule has 2 fully saturated rings. The van der Waals surface area contributed by atoms with Crippen LogP contribution in [0.25, 0.3) is 11.0 Å². The van der Waals surface area contributed by atoms with Crippen molar-refractivity contribution in [2.75, 3.05) is 42.8 Å². The number of halogens is 2. The highest BCUT2D eigenvalue weighted by Gasteiger charge is 2.53. The summed E-state index contributed by atoms with van der Waals surface area (Å²) >= 11 is 0. The minimum Gasteiger partial charge on any atom is -0.441 e. The van der Waals surface area contributed by atoms with Crippen LogP contribution in [-0.4, -0.2) is 74.8 Å². The fraction of sp³-hybridized carbons (Fsp3) is 0.591. The second kappa shape index (κ2) is 7.36. The van der Waals surface area contributed by atoms with Gasteiger partial charge in [0.25, 0.3) is 0 Å². The van der Waals surface area contributed by atoms with Gasteiger partial charge in [-0.25, -0.2) is 13.6 Å². The number of aliphatic imine (C=N–C) groups is 1. The van der Waals surface area contributed by atoms with Crippen molar-refractivity contribution in [3.63, 3.8) is 0 Å². The average Bonchev–Trinajstić information content (AvgIpc) is 3.36. The normalized spacial score (nSPS) is 33.5. The third-order valence-corrected chi connectivity index (χ3v) is 7.12. The van der Waals surface area contributed by atoms with E-state index in [1.165, 1.54) is 4.90 Å². The SMILES string of the molecule is C[C@@H]1CN2c3c(cc4c(N5C[C@@H](CF)OC5=O)noc4c3F)CC3(C=NCNC3)[C@H]2[C@H](C)O1. The van der Waals surface area contributed by atoms with E-state index >= 15 is 4.39 Å². The summed E-state index contributed by atoms with van der Waals surface area (Å²) in [6.07, 6.45) is 0.714. The van der Waals surface area contributed by atoms with E-state index in [1.807, 2.05) is 26.1 Å². The van der Waals surface area contributed by atoms with Crippen molar-refractivity contribution in [3.05, 3.63) is 17.4 Å². The van der Waals surface area contributed by atoms with E-state index in [0.717, 1.165) is 5.56 Å². The summed E-state index contributed by atoms with van der Waals surface area (Å²) in [5.41, 5.74) is 0.852. The van der Waals surface area contributed by atoms with Crippen LogP contribution < -0.4 is 15.1 Å². The fourth-order valence-corrected chi connectivity index (χ4v) is 5.99. The number of amides is 1. The number of nitrogens with zero attached hydrogens (tertiary/aromatic N) is 4. The molecule has 1 N–H and O–H groups in total. The Morgan fingerprint density at radius 3 is 2.91 bits per heavy atom. The Balaban J connectivity index is 1.51. The van der Waals surface area contributed by atoms with E-state index in [1.54, 1.807) is 0 Å². The molecular formula is C22H25F2N5O4. The second-order valence-electron chi connectivity index (χ2n) is 9.41. The van der Waals surface area contributed by atoms with Crippen LogP contribution in [0.4, 0.5) is 25.1 Å². The molecule has 1 amide bonds. The maximum Gasteiger partial charge on any atom is 0.416 e. The quantitative estimate of drug-likeness (QED) is 0.734. The molecule has 5 atom stereocenters. The third-order valence-electron chi connectivity index (χ3n) is 7.12. The first-order chi connectivity index (χ1) is 15.9. The Kier molecular flexibility index (Phi) is 4.64. The van der Waals surface area contributed by atoms with E-state index in [4.69, 9.17) is 14.0 Å². The predicted octanol–water partition coefficient (Wildman–Crippen LogP) is 2.42. The molecule has 2 aromatic rings. The van der Waals surface area contributed by atoms with Gasteiger partial charge < -0.3 is 18.9 Å². The summed E-state index contributed by atoms with van der Waals surface area (Å²) in [5, 5.41) is 7.69. The first kappa shape index (κ1) is 20.8. The number of benzene rings is 1. The summed E-state index contributed by atoms with van der Waals surface area (Å²) in [6, 6.07) is 1.73. The number of anilines is 2. The van der Waals surface area contributed by atoms with Crippen molar-refractivity contribution in [2.24, 2.45) is 10.4 Å². The zero-order chi connectivity index (χ0) is 22.9. The Bertz CT molecular complexity index is 1160. The summed E-state index contributed by atoms with van der Waals surface area (Å²) in [6.45, 7) is 4.95. The minimum atomic E-state index is -0.878. The van der Waals surface area contributed by atoms with Crippen LogP contribution in [0.5, 0.6) is 0 Å². The Labute approximate surface area is 188 Å². The molecule has 176 valence electrons. The molecule has 11 heteroatoms. The van der Waals surface area contributed by atoms with Gasteiger partial charge in [0.05, 0.1) is 42.5 Å². The van der Waals surface area contributed by atoms with Gasteiger partial charge in [0.1, 0.15) is 12.8 Å². The van der Waals surface area contributed by atoms with Gasteiger partial charge in [-0.1, -0.05) is 5.16 Å². The number of rotatable bonds is 2. The van der Waals surface area contributed by atoms with Gasteiger partial charge in [-0.3, -0.25) is 15.2 Å². The summed E-state index contributed by atoms with van der Waals surface area (Å²) in [4.78, 5) is 20.1. The van der Waals surface area contributed by atoms with Crippen molar-refractivity contribution in [1.82, 2.24) is 10.5 Å². The summed E-state index contributed by atoms with van der Waals surface area (Å²) < 4.78 is 45.6. The van der Waals surface area contributed by atoms with Crippen LogP contribution in [0.15, 0.2) is 15.6 Å². The number of fused-ring (bicyclic) bond motifs is 5. The number of hydrogen-bond acceptors (Lipinski definition) is 8. The molecule has 4 aliphatic rings. The molecule has 1 aromatic carbocycles. The van der Waals surface area contributed by atoms with E-state index in [0.29, 0.717) is 37.3 Å². The average molecular weight is 461 g/mol. The number of nitrogens with one attached hydrogen (secondary N) is 1. The highest BCUT2D eigenvalue weighted by molar-refractivity contribution is 6.01. The summed E-state index contributed by atoms with van der Waals surface area (Å²) in [7, 11) is 0. The van der Waals surface area contributed by atoms with Crippen molar-refractivity contribution >= 4 is 34.8 Å². The molecule has 5 heterocycles. The maximum absolute atomic E-state index is 16.0. The van der Waals surface area contributed by atoms with Crippen molar-refractivity contribution in [3.8, 4) is 0 Å². The molecule has 2 saturated heterocycles. The summed E-state index contributed by atoms with van der Waals surface area (Å²) in [5.74, 6) is -0.374. The van der Waals surface area contributed by atoms with Crippen LogP contribution in [0.3, 0.4) is 0 Å². The smallest absolute Gasteiger partial charge is 0.416 e. The van der Waals surface area contributed by atoms with Crippen LogP contribution in [0.2, 0.25) is 0 Å². The minimum absolute atomic E-state index is 0.00322. The first-order valence-electron chi connectivity index (χ1n) is 11.2. The molecule has 1 spiro atoms. The number of alkyl halides is 1. The number of cyclic esters (lactones) is 1. The molecule has 0 radical (unpaired) electrons. The molecule has 1 aromatic heterocycles. The molecular weight excluding hydrogens is 436 g/mol. The lowest BCUT2D eigenvalue weighted by Crippen LogP contribution is -2.67. The molecule has 4 aliphatic heterocycles. The fourth-order valence-electron chi connectivity index (χ4n) is 5.99. The molecule has 0 bridgehead atoms. The van der Waals surface area contributed by atoms with Gasteiger partial charge in [-0.05, 0) is 31.9 Å². The molecule has 1 unspecified atom stereocenters. The van der Waals surface area contributed by atoms with Gasteiger partial charge >= 0.3 is 6.09 Å². The number of ether oxygens (including phenoxy) is 2. The van der Waals surface area contributed by atoms with E-state index in [-0.39, 0.29) is 41.6 Å². The zero-order valence-corrected chi connectivity index (χ0v) is 18.4. The molecule has 9 nitrogen and oxygen atoms in total. The molecule has 33 heavy (non-hydrogen) atoms. The van der Waals surface area contributed by atoms with Crippen molar-refractivity contribution in [2.45, 2.75) is 44.6 Å². The van der Waals surface area contributed by atoms with Gasteiger partial charge in [0.15, 0.2) is 11.6 Å². The largest absolute Gasteiger partial charge is 0.441 e. The first-order valence-corrected chi connectivity index (χ1v) is 11.2. The van der Waals surface area contributed by atoms with Crippen molar-refractivity contribution in [1.29, 1.82) is 0 Å². The number of hydrogen-bond donors (Lipinski definition) is 1. The lowest BCUT2D eigenvalue weighted by Gasteiger charge is -2.56. The van der Waals surface area contributed by atoms with Gasteiger partial charge in [-0.15, -0.1) is 0 Å². The predicted molar refractivity (Wildman–Crippen MR) is 116 cm³/mol. The highest BCUT2D eigenvalue weighted by atomic mass is 19.1. The lowest BCUT2D eigenvalue weighted by molar-refractivity contribution is -0.0522. The maximum atomic E-state index is 16.0. The third kappa shape index (κ3) is 2.98. The van der Waals surface area contributed by atoms with Gasteiger partial charge in [0, 0.05) is 24.7 Å². The Hall–Kier alpha value is -2.79. The van der Waals surface area contributed by atoms with E-state index in [9.17, 15) is 9.18 Å². The highest BCUT2D eigenvalue weighted by Crippen LogP contribution is 2.48. The Morgan fingerprint density at radius 1 is 1.33 bits per heavy atom. The number of carbonyl (C=O) groups excluding carboxylic acids is 1. The molecule has 6 rings (SSSR count). The zero-order valence-electron chi connectivity index (χ0n) is 18.4. The van der Waals surface area contributed by atoms with Gasteiger partial charge in [0.2, 0.25) is 5.58 Å². The van der Waals surface area contributed by atoms with E-state index in [2.05, 4.69) is 20.4 Å². The van der Waals surface area contributed by atoms with Crippen LogP contribution >= 0.6 is 0 Å². The van der Waals surface area contributed by atoms with Crippen LogP contribution in [0.1, 0.15) is 19.4 Å². The second-order valence-corrected chi connectivity index (χ2v) is 9.41. The van der Waals surface area contributed by atoms with Crippen molar-refractivity contribution < 1.29 is 27.6 Å². The number of carbonyl (C=O) groups is 1. The van der Waals surface area contributed by atoms with Gasteiger partial charge in [-0.2, -0.15) is 0 Å². The molecule has 0 saturated carbocycles. The number of morpholine rings is 1. The Morgan fingerprint density at radius 2 is 2.18 bits per heavy atom. The van der Waals surface area contributed by atoms with Crippen LogP contribution in [0, 0.1) is 11.2 Å². The molecule has 0 aliphatic carbocycles. The lowest BCUT2D eigenvalue weighted by atomic mass is 9.68. The monoisotopic (exact) mass is 461 g/mol. The topological polar surface area (TPSA) is 92.4 Å². The number of aromatic nitrogens is 1.